The molecule has 0 unspecified atom stereocenters. The Bertz CT molecular complexity index is 2830. The van der Waals surface area contributed by atoms with Crippen LogP contribution in [0.3, 0.4) is 0 Å². The van der Waals surface area contributed by atoms with Crippen molar-refractivity contribution in [3.63, 3.8) is 0 Å². The Balaban J connectivity index is 1.37. The van der Waals surface area contributed by atoms with Gasteiger partial charge in [0.15, 0.2) is 0 Å². The van der Waals surface area contributed by atoms with Crippen LogP contribution >= 0.6 is 0 Å². The van der Waals surface area contributed by atoms with Crippen molar-refractivity contribution < 1.29 is 0 Å². The van der Waals surface area contributed by atoms with Crippen molar-refractivity contribution in [3.05, 3.63) is 246 Å². The summed E-state index contributed by atoms with van der Waals surface area (Å²) in [5.74, 6) is 0. The van der Waals surface area contributed by atoms with Gasteiger partial charge in [0.2, 0.25) is 6.71 Å². The van der Waals surface area contributed by atoms with Crippen molar-refractivity contribution in [1.82, 2.24) is 0 Å². The van der Waals surface area contributed by atoms with Crippen LogP contribution in [0.2, 0.25) is 0 Å². The Morgan fingerprint density at radius 2 is 0.635 bits per heavy atom. The molecule has 0 aliphatic carbocycles. The average Bonchev–Trinajstić information content (AvgIpc) is 3.30. The lowest BCUT2D eigenvalue weighted by Gasteiger charge is -2.31. The van der Waals surface area contributed by atoms with Gasteiger partial charge in [0.1, 0.15) is 0 Å². The zero-order chi connectivity index (χ0) is 43.5. The van der Waals surface area contributed by atoms with E-state index in [-0.39, 0.29) is 6.71 Å². The average molecular weight is 813 g/mol. The van der Waals surface area contributed by atoms with Gasteiger partial charge in [-0.2, -0.15) is 0 Å². The summed E-state index contributed by atoms with van der Waals surface area (Å²) >= 11 is 0. The molecule has 2 nitrogen and oxygen atoms in total. The summed E-state index contributed by atoms with van der Waals surface area (Å²) in [4.78, 5) is 4.79. The molecule has 0 amide bonds. The van der Waals surface area contributed by atoms with Gasteiger partial charge >= 0.3 is 0 Å². The van der Waals surface area contributed by atoms with E-state index < -0.39 is 0 Å². The number of rotatable bonds is 11. The van der Waals surface area contributed by atoms with Crippen LogP contribution in [0.1, 0.15) is 33.4 Å². The second kappa shape index (κ2) is 17.9. The summed E-state index contributed by atoms with van der Waals surface area (Å²) in [6.07, 6.45) is 0. The van der Waals surface area contributed by atoms with Crippen LogP contribution < -0.4 is 26.2 Å². The first-order valence-electron chi connectivity index (χ1n) is 22.1. The van der Waals surface area contributed by atoms with E-state index in [2.05, 4.69) is 264 Å². The summed E-state index contributed by atoms with van der Waals surface area (Å²) in [6.45, 7) is 13.6. The number of aryl methyl sites for hydroxylation is 6. The molecular formula is C60H53BN2. The highest BCUT2D eigenvalue weighted by Crippen LogP contribution is 2.43. The quantitative estimate of drug-likeness (QED) is 0.120. The molecule has 3 heteroatoms. The Kier molecular flexibility index (Phi) is 11.7. The number of para-hydroxylation sites is 6. The summed E-state index contributed by atoms with van der Waals surface area (Å²) in [5.41, 5.74) is 23.1. The van der Waals surface area contributed by atoms with Gasteiger partial charge in [-0.05, 0) is 113 Å². The second-order valence-electron chi connectivity index (χ2n) is 16.9. The third-order valence-corrected chi connectivity index (χ3v) is 12.4. The molecule has 9 aromatic carbocycles. The molecule has 0 saturated carbocycles. The van der Waals surface area contributed by atoms with Crippen molar-refractivity contribution in [2.45, 2.75) is 41.5 Å². The predicted octanol–water partition coefficient (Wildman–Crippen LogP) is 14.3. The maximum Gasteiger partial charge on any atom is 0.243 e. The standard InChI is InChI=1S/C60H53BN2/c1-42-37-44(3)59(45(4)38-42)61(60-46(5)39-43(2)40-47(60)6)56-41-48(53-31-19-21-33-57(53)62(49-23-11-7-12-24-49)50-25-13-8-14-26-50)35-36-54(56)55-32-20-22-34-58(55)63(51-27-15-9-16-28-51)52-29-17-10-18-30-52/h7-41H,1-6H3. The van der Waals surface area contributed by atoms with Crippen molar-refractivity contribution in [3.8, 4) is 22.3 Å². The van der Waals surface area contributed by atoms with Crippen LogP contribution in [-0.2, 0) is 0 Å². The van der Waals surface area contributed by atoms with Gasteiger partial charge in [0, 0.05) is 33.9 Å². The molecule has 0 N–H and O–H groups in total. The minimum absolute atomic E-state index is 0.0670. The van der Waals surface area contributed by atoms with Crippen LogP contribution in [0.25, 0.3) is 22.3 Å². The van der Waals surface area contributed by atoms with E-state index in [1.165, 1.54) is 60.9 Å². The Hall–Kier alpha value is -7.36. The minimum Gasteiger partial charge on any atom is -0.310 e. The van der Waals surface area contributed by atoms with Gasteiger partial charge in [-0.1, -0.05) is 201 Å². The van der Waals surface area contributed by atoms with Crippen molar-refractivity contribution in [2.75, 3.05) is 9.80 Å². The molecule has 0 spiro atoms. The van der Waals surface area contributed by atoms with Gasteiger partial charge in [-0.3, -0.25) is 0 Å². The highest BCUT2D eigenvalue weighted by Gasteiger charge is 2.32. The smallest absolute Gasteiger partial charge is 0.243 e. The topological polar surface area (TPSA) is 6.48 Å². The van der Waals surface area contributed by atoms with E-state index in [0.717, 1.165) is 45.3 Å². The molecule has 9 aromatic rings. The van der Waals surface area contributed by atoms with Crippen LogP contribution in [-0.4, -0.2) is 6.71 Å². The van der Waals surface area contributed by atoms with Gasteiger partial charge in [0.05, 0.1) is 11.4 Å². The third kappa shape index (κ3) is 8.23. The zero-order valence-electron chi connectivity index (χ0n) is 37.2. The van der Waals surface area contributed by atoms with Gasteiger partial charge in [-0.25, -0.2) is 0 Å². The number of hydrogen-bond acceptors (Lipinski definition) is 2. The highest BCUT2D eigenvalue weighted by atomic mass is 15.1. The molecule has 0 radical (unpaired) electrons. The summed E-state index contributed by atoms with van der Waals surface area (Å²) in [5, 5.41) is 0. The zero-order valence-corrected chi connectivity index (χ0v) is 37.2. The molecule has 0 atom stereocenters. The molecular weight excluding hydrogens is 759 g/mol. The molecule has 0 aliphatic rings. The molecule has 63 heavy (non-hydrogen) atoms. The second-order valence-corrected chi connectivity index (χ2v) is 16.9. The van der Waals surface area contributed by atoms with Crippen molar-refractivity contribution in [2.24, 2.45) is 0 Å². The largest absolute Gasteiger partial charge is 0.310 e. The first kappa shape index (κ1) is 41.0. The molecule has 0 aliphatic heterocycles. The SMILES string of the molecule is Cc1cc(C)c(B(c2cc(-c3ccccc3N(c3ccccc3)c3ccccc3)ccc2-c2ccccc2N(c2ccccc2)c2ccccc2)c2c(C)cc(C)cc2C)c(C)c1. The van der Waals surface area contributed by atoms with E-state index in [1.54, 1.807) is 0 Å². The van der Waals surface area contributed by atoms with Crippen LogP contribution in [0.5, 0.6) is 0 Å². The Morgan fingerprint density at radius 1 is 0.302 bits per heavy atom. The van der Waals surface area contributed by atoms with Gasteiger partial charge in [-0.15, -0.1) is 0 Å². The lowest BCUT2D eigenvalue weighted by molar-refractivity contribution is 1.28. The van der Waals surface area contributed by atoms with E-state index in [9.17, 15) is 0 Å². The first-order chi connectivity index (χ1) is 30.8. The van der Waals surface area contributed by atoms with Gasteiger partial charge < -0.3 is 9.80 Å². The third-order valence-electron chi connectivity index (χ3n) is 12.4. The minimum atomic E-state index is -0.0670. The van der Waals surface area contributed by atoms with E-state index in [4.69, 9.17) is 0 Å². The van der Waals surface area contributed by atoms with Crippen LogP contribution in [0.15, 0.2) is 212 Å². The Morgan fingerprint density at radius 3 is 1.03 bits per heavy atom. The molecule has 0 bridgehead atoms. The van der Waals surface area contributed by atoms with E-state index in [1.807, 2.05) is 0 Å². The maximum atomic E-state index is 2.51. The number of benzene rings is 9. The normalized spacial score (nSPS) is 11.0. The fraction of sp³-hybridized carbons (Fsp3) is 0.100. The van der Waals surface area contributed by atoms with E-state index >= 15 is 0 Å². The van der Waals surface area contributed by atoms with E-state index in [0.29, 0.717) is 0 Å². The first-order valence-corrected chi connectivity index (χ1v) is 22.1. The molecule has 9 rings (SSSR count). The summed E-state index contributed by atoms with van der Waals surface area (Å²) < 4.78 is 0. The lowest BCUT2D eigenvalue weighted by Crippen LogP contribution is -2.56. The van der Waals surface area contributed by atoms with Crippen LogP contribution in [0, 0.1) is 41.5 Å². The summed E-state index contributed by atoms with van der Waals surface area (Å²) in [6, 6.07) is 77.5. The monoisotopic (exact) mass is 812 g/mol. The molecule has 0 heterocycles. The number of hydrogen-bond donors (Lipinski definition) is 0. The van der Waals surface area contributed by atoms with Crippen molar-refractivity contribution in [1.29, 1.82) is 0 Å². The van der Waals surface area contributed by atoms with Gasteiger partial charge in [0.25, 0.3) is 0 Å². The maximum absolute atomic E-state index is 2.51. The highest BCUT2D eigenvalue weighted by molar-refractivity contribution is 6.97. The van der Waals surface area contributed by atoms with Crippen molar-refractivity contribution >= 4 is 57.2 Å². The fourth-order valence-electron chi connectivity index (χ4n) is 9.93. The number of anilines is 6. The molecule has 306 valence electrons. The Labute approximate surface area is 374 Å². The molecule has 0 saturated heterocycles. The molecule has 0 fully saturated rings. The number of nitrogens with zero attached hydrogens (tertiary/aromatic N) is 2. The molecule has 0 aromatic heterocycles. The van der Waals surface area contributed by atoms with Crippen LogP contribution in [0.4, 0.5) is 34.1 Å². The fourth-order valence-corrected chi connectivity index (χ4v) is 9.93. The lowest BCUT2D eigenvalue weighted by atomic mass is 9.33. The summed E-state index contributed by atoms with van der Waals surface area (Å²) in [7, 11) is 0. The predicted molar refractivity (Wildman–Crippen MR) is 273 cm³/mol.